The molecular weight excluding hydrogens is 267 g/mol. The van der Waals surface area contributed by atoms with Crippen molar-refractivity contribution in [3.8, 4) is 11.1 Å². The molecule has 2 aromatic heterocycles. The minimum absolute atomic E-state index is 0.00530. The highest BCUT2D eigenvalue weighted by Gasteiger charge is 2.35. The summed E-state index contributed by atoms with van der Waals surface area (Å²) in [5.41, 5.74) is -1.93. The monoisotopic (exact) mass is 274 g/mol. The van der Waals surface area contributed by atoms with E-state index in [1.54, 1.807) is 0 Å². The van der Waals surface area contributed by atoms with Gasteiger partial charge in [-0.3, -0.25) is 9.97 Å². The SMILES string of the molecule is FC(F)c1cc(-c2cccnc2C(F)(F)F)ccn1. The number of halogens is 5. The summed E-state index contributed by atoms with van der Waals surface area (Å²) in [4.78, 5) is 6.67. The molecule has 0 saturated carbocycles. The van der Waals surface area contributed by atoms with Gasteiger partial charge in [0.1, 0.15) is 5.69 Å². The Morgan fingerprint density at radius 2 is 1.74 bits per heavy atom. The Bertz CT molecular complexity index is 580. The summed E-state index contributed by atoms with van der Waals surface area (Å²) < 4.78 is 63.3. The van der Waals surface area contributed by atoms with Crippen molar-refractivity contribution in [2.75, 3.05) is 0 Å². The van der Waals surface area contributed by atoms with Gasteiger partial charge in [0.15, 0.2) is 5.69 Å². The number of nitrogens with zero attached hydrogens (tertiary/aromatic N) is 2. The fraction of sp³-hybridized carbons (Fsp3) is 0.167. The first-order valence-electron chi connectivity index (χ1n) is 5.16. The van der Waals surface area contributed by atoms with Crippen LogP contribution in [0.4, 0.5) is 22.0 Å². The lowest BCUT2D eigenvalue weighted by Gasteiger charge is -2.11. The second-order valence-corrected chi connectivity index (χ2v) is 3.67. The Kier molecular flexibility index (Phi) is 3.46. The van der Waals surface area contributed by atoms with Crippen LogP contribution in [0.3, 0.4) is 0 Å². The number of alkyl halides is 5. The van der Waals surface area contributed by atoms with Crippen LogP contribution in [-0.2, 0) is 6.18 Å². The number of aromatic nitrogens is 2. The van der Waals surface area contributed by atoms with E-state index in [9.17, 15) is 22.0 Å². The largest absolute Gasteiger partial charge is 0.433 e. The predicted molar refractivity (Wildman–Crippen MR) is 57.4 cm³/mol. The van der Waals surface area contributed by atoms with Gasteiger partial charge in [-0.1, -0.05) is 6.07 Å². The van der Waals surface area contributed by atoms with Gasteiger partial charge in [-0.05, 0) is 23.8 Å². The Morgan fingerprint density at radius 1 is 1.00 bits per heavy atom. The highest BCUT2D eigenvalue weighted by molar-refractivity contribution is 5.66. The quantitative estimate of drug-likeness (QED) is 0.770. The van der Waals surface area contributed by atoms with Crippen molar-refractivity contribution < 1.29 is 22.0 Å². The highest BCUT2D eigenvalue weighted by Crippen LogP contribution is 2.35. The molecule has 7 heteroatoms. The molecule has 0 radical (unpaired) electrons. The lowest BCUT2D eigenvalue weighted by atomic mass is 10.0. The summed E-state index contributed by atoms with van der Waals surface area (Å²) >= 11 is 0. The van der Waals surface area contributed by atoms with Crippen LogP contribution in [0.2, 0.25) is 0 Å². The van der Waals surface area contributed by atoms with E-state index in [1.807, 2.05) is 0 Å². The average Bonchev–Trinajstić information content (AvgIpc) is 2.38. The van der Waals surface area contributed by atoms with Crippen LogP contribution in [0, 0.1) is 0 Å². The van der Waals surface area contributed by atoms with E-state index < -0.39 is 24.0 Å². The molecule has 0 unspecified atom stereocenters. The molecule has 0 saturated heterocycles. The van der Waals surface area contributed by atoms with E-state index in [2.05, 4.69) is 9.97 Å². The van der Waals surface area contributed by atoms with Crippen LogP contribution in [-0.4, -0.2) is 9.97 Å². The zero-order chi connectivity index (χ0) is 14.0. The molecule has 0 spiro atoms. The summed E-state index contributed by atoms with van der Waals surface area (Å²) in [6.45, 7) is 0. The first-order chi connectivity index (χ1) is 8.89. The zero-order valence-corrected chi connectivity index (χ0v) is 9.33. The van der Waals surface area contributed by atoms with E-state index in [0.717, 1.165) is 18.5 Å². The van der Waals surface area contributed by atoms with Gasteiger partial charge < -0.3 is 0 Å². The van der Waals surface area contributed by atoms with E-state index in [4.69, 9.17) is 0 Å². The van der Waals surface area contributed by atoms with Crippen LogP contribution < -0.4 is 0 Å². The molecule has 19 heavy (non-hydrogen) atoms. The van der Waals surface area contributed by atoms with Gasteiger partial charge in [0.05, 0.1) is 0 Å². The first-order valence-corrected chi connectivity index (χ1v) is 5.16. The normalized spacial score (nSPS) is 11.9. The molecular formula is C12H7F5N2. The molecule has 100 valence electrons. The summed E-state index contributed by atoms with van der Waals surface area (Å²) in [5.74, 6) is 0. The van der Waals surface area contributed by atoms with Gasteiger partial charge in [0.25, 0.3) is 6.43 Å². The molecule has 0 atom stereocenters. The third kappa shape index (κ3) is 2.86. The summed E-state index contributed by atoms with van der Waals surface area (Å²) in [6.07, 6.45) is -5.44. The molecule has 0 aliphatic carbocycles. The zero-order valence-electron chi connectivity index (χ0n) is 9.33. The first kappa shape index (κ1) is 13.4. The van der Waals surface area contributed by atoms with Gasteiger partial charge in [-0.2, -0.15) is 13.2 Å². The second kappa shape index (κ2) is 4.91. The smallest absolute Gasteiger partial charge is 0.255 e. The van der Waals surface area contributed by atoms with Gasteiger partial charge in [-0.15, -0.1) is 0 Å². The lowest BCUT2D eigenvalue weighted by Crippen LogP contribution is -2.09. The number of hydrogen-bond acceptors (Lipinski definition) is 2. The Balaban J connectivity index is 2.56. The maximum Gasteiger partial charge on any atom is 0.433 e. The summed E-state index contributed by atoms with van der Waals surface area (Å²) in [5, 5.41) is 0. The maximum absolute atomic E-state index is 12.8. The third-order valence-corrected chi connectivity index (χ3v) is 2.39. The van der Waals surface area contributed by atoms with E-state index in [1.165, 1.54) is 18.2 Å². The molecule has 0 amide bonds. The van der Waals surface area contributed by atoms with Crippen molar-refractivity contribution in [2.45, 2.75) is 12.6 Å². The van der Waals surface area contributed by atoms with Crippen molar-refractivity contribution in [2.24, 2.45) is 0 Å². The number of rotatable bonds is 2. The van der Waals surface area contributed by atoms with Crippen LogP contribution in [0.15, 0.2) is 36.7 Å². The van der Waals surface area contributed by atoms with Gasteiger partial charge in [0.2, 0.25) is 0 Å². The van der Waals surface area contributed by atoms with Crippen molar-refractivity contribution >= 4 is 0 Å². The maximum atomic E-state index is 12.8. The minimum atomic E-state index is -4.65. The topological polar surface area (TPSA) is 25.8 Å². The summed E-state index contributed by atoms with van der Waals surface area (Å²) in [7, 11) is 0. The minimum Gasteiger partial charge on any atom is -0.255 e. The molecule has 2 rings (SSSR count). The van der Waals surface area contributed by atoms with E-state index in [-0.39, 0.29) is 11.1 Å². The summed E-state index contributed by atoms with van der Waals surface area (Å²) in [6, 6.07) is 4.66. The van der Waals surface area contributed by atoms with Crippen molar-refractivity contribution in [3.05, 3.63) is 48.0 Å². The third-order valence-electron chi connectivity index (χ3n) is 2.39. The molecule has 0 bridgehead atoms. The molecule has 0 aliphatic rings. The van der Waals surface area contributed by atoms with Crippen molar-refractivity contribution in [1.82, 2.24) is 9.97 Å². The van der Waals surface area contributed by atoms with Crippen molar-refractivity contribution in [3.63, 3.8) is 0 Å². The molecule has 2 nitrogen and oxygen atoms in total. The fourth-order valence-electron chi connectivity index (χ4n) is 1.60. The van der Waals surface area contributed by atoms with Crippen LogP contribution >= 0.6 is 0 Å². The number of pyridine rings is 2. The molecule has 0 aliphatic heterocycles. The molecule has 2 heterocycles. The molecule has 0 fully saturated rings. The van der Waals surface area contributed by atoms with Crippen LogP contribution in [0.1, 0.15) is 17.8 Å². The van der Waals surface area contributed by atoms with Crippen molar-refractivity contribution in [1.29, 1.82) is 0 Å². The van der Waals surface area contributed by atoms with E-state index >= 15 is 0 Å². The predicted octanol–water partition coefficient (Wildman–Crippen LogP) is 4.10. The molecule has 2 aromatic rings. The molecule has 0 aromatic carbocycles. The Morgan fingerprint density at radius 3 is 2.37 bits per heavy atom. The fourth-order valence-corrected chi connectivity index (χ4v) is 1.60. The lowest BCUT2D eigenvalue weighted by molar-refractivity contribution is -0.140. The van der Waals surface area contributed by atoms with Crippen LogP contribution in [0.5, 0.6) is 0 Å². The molecule has 0 N–H and O–H groups in total. The van der Waals surface area contributed by atoms with Gasteiger partial charge >= 0.3 is 6.18 Å². The average molecular weight is 274 g/mol. The Hall–Kier alpha value is -2.05. The highest BCUT2D eigenvalue weighted by atomic mass is 19.4. The Labute approximate surface area is 104 Å². The van der Waals surface area contributed by atoms with Gasteiger partial charge in [0, 0.05) is 18.0 Å². The number of hydrogen-bond donors (Lipinski definition) is 0. The second-order valence-electron chi connectivity index (χ2n) is 3.67. The standard InChI is InChI=1S/C12H7F5N2/c13-11(14)9-6-7(3-5-18-9)8-2-1-4-19-10(8)12(15,16)17/h1-6,11H. The van der Waals surface area contributed by atoms with Gasteiger partial charge in [-0.25, -0.2) is 8.78 Å². The van der Waals surface area contributed by atoms with E-state index in [0.29, 0.717) is 0 Å². The van der Waals surface area contributed by atoms with Crippen LogP contribution in [0.25, 0.3) is 11.1 Å².